The van der Waals surface area contributed by atoms with Crippen molar-refractivity contribution < 1.29 is 14.3 Å². The minimum Gasteiger partial charge on any atom is -0.495 e. The molecule has 0 aliphatic heterocycles. The lowest BCUT2D eigenvalue weighted by Crippen LogP contribution is -2.34. The molecule has 0 radical (unpaired) electrons. The van der Waals surface area contributed by atoms with Crippen molar-refractivity contribution in [1.82, 2.24) is 5.32 Å². The Morgan fingerprint density at radius 2 is 2.00 bits per heavy atom. The highest BCUT2D eigenvalue weighted by Crippen LogP contribution is 2.40. The Balaban J connectivity index is 1.99. The molecule has 3 unspecified atom stereocenters. The zero-order valence-corrected chi connectivity index (χ0v) is 14.7. The number of amides is 2. The van der Waals surface area contributed by atoms with Crippen LogP contribution in [0.1, 0.15) is 32.3 Å². The van der Waals surface area contributed by atoms with Crippen molar-refractivity contribution in [2.45, 2.75) is 39.7 Å². The van der Waals surface area contributed by atoms with Crippen LogP contribution >= 0.6 is 11.6 Å². The van der Waals surface area contributed by atoms with Crippen LogP contribution in [0.25, 0.3) is 0 Å². The third-order valence-corrected chi connectivity index (χ3v) is 4.61. The molecule has 23 heavy (non-hydrogen) atoms. The lowest BCUT2D eigenvalue weighted by atomic mass is 10.2. The first-order chi connectivity index (χ1) is 10.9. The van der Waals surface area contributed by atoms with Gasteiger partial charge in [-0.25, -0.2) is 0 Å². The minimum absolute atomic E-state index is 0.0428. The molecule has 0 spiro atoms. The van der Waals surface area contributed by atoms with E-state index in [4.69, 9.17) is 16.3 Å². The third-order valence-electron chi connectivity index (χ3n) is 4.20. The number of benzene rings is 1. The van der Waals surface area contributed by atoms with E-state index < -0.39 is 0 Å². The number of ether oxygens (including phenoxy) is 1. The van der Waals surface area contributed by atoms with Crippen molar-refractivity contribution >= 4 is 29.1 Å². The normalized spacial score (nSPS) is 20.6. The Labute approximate surface area is 141 Å². The molecule has 2 amide bonds. The highest BCUT2D eigenvalue weighted by Gasteiger charge is 2.48. The molecule has 1 saturated carbocycles. The summed E-state index contributed by atoms with van der Waals surface area (Å²) in [6, 6.07) is 3.58. The van der Waals surface area contributed by atoms with Gasteiger partial charge in [0.15, 0.2) is 0 Å². The van der Waals surface area contributed by atoms with Crippen LogP contribution in [0.3, 0.4) is 0 Å². The minimum atomic E-state index is -0.278. The zero-order chi connectivity index (χ0) is 17.1. The highest BCUT2D eigenvalue weighted by atomic mass is 35.5. The first-order valence-corrected chi connectivity index (χ1v) is 8.20. The lowest BCUT2D eigenvalue weighted by molar-refractivity contribution is -0.125. The number of halogens is 1. The van der Waals surface area contributed by atoms with Crippen molar-refractivity contribution in [2.24, 2.45) is 11.8 Å². The summed E-state index contributed by atoms with van der Waals surface area (Å²) in [7, 11) is 1.52. The molecule has 2 N–H and O–H groups in total. The highest BCUT2D eigenvalue weighted by molar-refractivity contribution is 6.31. The number of carbonyl (C=O) groups is 2. The van der Waals surface area contributed by atoms with Gasteiger partial charge in [0.05, 0.1) is 24.6 Å². The van der Waals surface area contributed by atoms with Crippen LogP contribution in [0.15, 0.2) is 12.1 Å². The second-order valence-electron chi connectivity index (χ2n) is 6.06. The smallest absolute Gasteiger partial charge is 0.228 e. The van der Waals surface area contributed by atoms with Crippen LogP contribution in [0, 0.1) is 18.8 Å². The Hall–Kier alpha value is -1.75. The number of aryl methyl sites for hydroxylation is 1. The Kier molecular flexibility index (Phi) is 5.52. The SMILES string of the molecule is CCC(C)NC(=O)C1CC1C(=O)Nc1cc(C)c(Cl)cc1OC. The summed E-state index contributed by atoms with van der Waals surface area (Å²) in [6.07, 6.45) is 1.46. The van der Waals surface area contributed by atoms with Gasteiger partial charge in [0, 0.05) is 17.1 Å². The monoisotopic (exact) mass is 338 g/mol. The number of hydrogen-bond acceptors (Lipinski definition) is 3. The van der Waals surface area contributed by atoms with Crippen LogP contribution < -0.4 is 15.4 Å². The van der Waals surface area contributed by atoms with Crippen LogP contribution in [0.5, 0.6) is 5.75 Å². The van der Waals surface area contributed by atoms with Gasteiger partial charge in [-0.15, -0.1) is 0 Å². The number of carbonyl (C=O) groups excluding carboxylic acids is 2. The largest absolute Gasteiger partial charge is 0.495 e. The molecule has 1 aromatic rings. The molecule has 5 nitrogen and oxygen atoms in total. The van der Waals surface area contributed by atoms with E-state index in [9.17, 15) is 9.59 Å². The van der Waals surface area contributed by atoms with Gasteiger partial charge in [-0.05, 0) is 38.3 Å². The molecule has 1 fully saturated rings. The summed E-state index contributed by atoms with van der Waals surface area (Å²) >= 11 is 6.06. The molecule has 0 aromatic heterocycles. The van der Waals surface area contributed by atoms with Crippen LogP contribution in [0.4, 0.5) is 5.69 Å². The number of rotatable bonds is 6. The molecule has 3 atom stereocenters. The molecule has 0 bridgehead atoms. The summed E-state index contributed by atoms with van der Waals surface area (Å²) in [5, 5.41) is 6.34. The average Bonchev–Trinajstić information content (AvgIpc) is 3.31. The van der Waals surface area contributed by atoms with E-state index in [1.807, 2.05) is 20.8 Å². The predicted octanol–water partition coefficient (Wildman–Crippen LogP) is 3.15. The first-order valence-electron chi connectivity index (χ1n) is 7.82. The van der Waals surface area contributed by atoms with E-state index >= 15 is 0 Å². The molecule has 0 saturated heterocycles. The molecule has 1 aliphatic rings. The van der Waals surface area contributed by atoms with Gasteiger partial charge in [0.25, 0.3) is 0 Å². The van der Waals surface area contributed by atoms with Crippen molar-refractivity contribution in [1.29, 1.82) is 0 Å². The molecular formula is C17H23ClN2O3. The number of hydrogen-bond donors (Lipinski definition) is 2. The number of methoxy groups -OCH3 is 1. The topological polar surface area (TPSA) is 67.4 Å². The molecule has 126 valence electrons. The van der Waals surface area contributed by atoms with Crippen LogP contribution in [-0.4, -0.2) is 25.0 Å². The van der Waals surface area contributed by atoms with E-state index in [1.165, 1.54) is 7.11 Å². The summed E-state index contributed by atoms with van der Waals surface area (Å²) in [5.74, 6) is -0.202. The fraction of sp³-hybridized carbons (Fsp3) is 0.529. The Bertz CT molecular complexity index is 618. The van der Waals surface area contributed by atoms with Gasteiger partial charge in [-0.2, -0.15) is 0 Å². The molecule has 1 aromatic carbocycles. The fourth-order valence-electron chi connectivity index (χ4n) is 2.38. The van der Waals surface area contributed by atoms with E-state index in [0.29, 0.717) is 22.9 Å². The summed E-state index contributed by atoms with van der Waals surface area (Å²) in [4.78, 5) is 24.4. The van der Waals surface area contributed by atoms with E-state index in [0.717, 1.165) is 12.0 Å². The number of anilines is 1. The molecule has 1 aliphatic carbocycles. The van der Waals surface area contributed by atoms with Crippen LogP contribution in [-0.2, 0) is 9.59 Å². The van der Waals surface area contributed by atoms with Gasteiger partial charge in [0.1, 0.15) is 5.75 Å². The van der Waals surface area contributed by atoms with E-state index in [-0.39, 0.29) is 29.7 Å². The van der Waals surface area contributed by atoms with Crippen molar-refractivity contribution in [3.05, 3.63) is 22.7 Å². The van der Waals surface area contributed by atoms with E-state index in [2.05, 4.69) is 10.6 Å². The average molecular weight is 339 g/mol. The second kappa shape index (κ2) is 7.21. The molecule has 6 heteroatoms. The third kappa shape index (κ3) is 4.16. The zero-order valence-electron chi connectivity index (χ0n) is 13.9. The quantitative estimate of drug-likeness (QED) is 0.837. The fourth-order valence-corrected chi connectivity index (χ4v) is 2.54. The maximum Gasteiger partial charge on any atom is 0.228 e. The Morgan fingerprint density at radius 3 is 2.61 bits per heavy atom. The maximum absolute atomic E-state index is 12.3. The summed E-state index contributed by atoms with van der Waals surface area (Å²) < 4.78 is 5.25. The Morgan fingerprint density at radius 1 is 1.35 bits per heavy atom. The van der Waals surface area contributed by atoms with Gasteiger partial charge in [-0.3, -0.25) is 9.59 Å². The predicted molar refractivity (Wildman–Crippen MR) is 90.9 cm³/mol. The van der Waals surface area contributed by atoms with E-state index in [1.54, 1.807) is 12.1 Å². The van der Waals surface area contributed by atoms with Gasteiger partial charge < -0.3 is 15.4 Å². The maximum atomic E-state index is 12.3. The lowest BCUT2D eigenvalue weighted by Gasteiger charge is -2.13. The molecule has 2 rings (SSSR count). The van der Waals surface area contributed by atoms with Gasteiger partial charge in [-0.1, -0.05) is 18.5 Å². The number of nitrogens with one attached hydrogen (secondary N) is 2. The summed E-state index contributed by atoms with van der Waals surface area (Å²) in [5.41, 5.74) is 1.43. The van der Waals surface area contributed by atoms with Crippen molar-refractivity contribution in [3.63, 3.8) is 0 Å². The summed E-state index contributed by atoms with van der Waals surface area (Å²) in [6.45, 7) is 5.82. The second-order valence-corrected chi connectivity index (χ2v) is 6.46. The van der Waals surface area contributed by atoms with Crippen LogP contribution in [0.2, 0.25) is 5.02 Å². The van der Waals surface area contributed by atoms with Gasteiger partial charge >= 0.3 is 0 Å². The van der Waals surface area contributed by atoms with Gasteiger partial charge in [0.2, 0.25) is 11.8 Å². The first kappa shape index (κ1) is 17.6. The van der Waals surface area contributed by atoms with Crippen molar-refractivity contribution in [2.75, 3.05) is 12.4 Å². The van der Waals surface area contributed by atoms with Crippen molar-refractivity contribution in [3.8, 4) is 5.75 Å². The standard InChI is InChI=1S/C17H23ClN2O3/c1-5-10(3)19-16(21)11-7-12(11)17(22)20-14-6-9(2)13(18)8-15(14)23-4/h6,8,10-12H,5,7H2,1-4H3,(H,19,21)(H,20,22). The molecular weight excluding hydrogens is 316 g/mol. The molecule has 0 heterocycles.